The largest absolute Gasteiger partial charge is 0.359 e. The average molecular weight is 189 g/mol. The van der Waals surface area contributed by atoms with Gasteiger partial charge in [-0.05, 0) is 19.8 Å². The molecular formula is C11H15N3. The van der Waals surface area contributed by atoms with Crippen LogP contribution in [0.4, 0.5) is 5.82 Å². The lowest BCUT2D eigenvalue weighted by atomic mass is 10.0. The van der Waals surface area contributed by atoms with Crippen LogP contribution in [-0.2, 0) is 6.42 Å². The maximum Gasteiger partial charge on any atom is 0.139 e. The van der Waals surface area contributed by atoms with Crippen molar-refractivity contribution in [3.05, 3.63) is 23.7 Å². The molecule has 74 valence electrons. The molecule has 1 aromatic rings. The predicted molar refractivity (Wildman–Crippen MR) is 58.3 cm³/mol. The van der Waals surface area contributed by atoms with Gasteiger partial charge in [0, 0.05) is 19.2 Å². The van der Waals surface area contributed by atoms with E-state index in [1.54, 1.807) is 6.33 Å². The van der Waals surface area contributed by atoms with Crippen molar-refractivity contribution in [3.63, 3.8) is 0 Å². The van der Waals surface area contributed by atoms with Gasteiger partial charge in [0.05, 0.1) is 5.69 Å². The molecule has 0 saturated heterocycles. The molecule has 0 amide bonds. The van der Waals surface area contributed by atoms with Gasteiger partial charge in [0.1, 0.15) is 12.1 Å². The molecule has 3 nitrogen and oxygen atoms in total. The van der Waals surface area contributed by atoms with Gasteiger partial charge in [-0.2, -0.15) is 0 Å². The molecule has 1 heterocycles. The zero-order chi connectivity index (χ0) is 9.97. The van der Waals surface area contributed by atoms with Crippen molar-refractivity contribution in [2.24, 2.45) is 0 Å². The first-order valence-corrected chi connectivity index (χ1v) is 5.04. The molecule has 0 spiro atoms. The fraction of sp³-hybridized carbons (Fsp3) is 0.455. The van der Waals surface area contributed by atoms with E-state index < -0.39 is 0 Å². The quantitative estimate of drug-likeness (QED) is 0.711. The zero-order valence-electron chi connectivity index (χ0n) is 8.70. The molecule has 1 aromatic heterocycles. The average Bonchev–Trinajstić information content (AvgIpc) is 2.27. The number of aromatic nitrogens is 2. The summed E-state index contributed by atoms with van der Waals surface area (Å²) in [6, 6.07) is 0. The molecule has 1 aliphatic carbocycles. The molecule has 2 rings (SSSR count). The summed E-state index contributed by atoms with van der Waals surface area (Å²) in [5.74, 6) is 1.05. The highest BCUT2D eigenvalue weighted by Crippen LogP contribution is 2.24. The van der Waals surface area contributed by atoms with Crippen LogP contribution in [-0.4, -0.2) is 23.6 Å². The van der Waals surface area contributed by atoms with Crippen molar-refractivity contribution >= 4 is 11.9 Å². The molecule has 0 unspecified atom stereocenters. The summed E-state index contributed by atoms with van der Waals surface area (Å²) in [7, 11) is 2.06. The third-order valence-electron chi connectivity index (χ3n) is 2.61. The van der Waals surface area contributed by atoms with Crippen LogP contribution in [0.25, 0.3) is 6.08 Å². The number of fused-ring (bicyclic) bond motifs is 1. The maximum atomic E-state index is 4.33. The van der Waals surface area contributed by atoms with E-state index in [-0.39, 0.29) is 0 Å². The van der Waals surface area contributed by atoms with E-state index >= 15 is 0 Å². The number of anilines is 1. The van der Waals surface area contributed by atoms with E-state index in [1.807, 2.05) is 0 Å². The lowest BCUT2D eigenvalue weighted by Crippen LogP contribution is -2.20. The summed E-state index contributed by atoms with van der Waals surface area (Å²) in [6.07, 6.45) is 8.14. The van der Waals surface area contributed by atoms with Gasteiger partial charge in [0.2, 0.25) is 0 Å². The van der Waals surface area contributed by atoms with Gasteiger partial charge in [-0.25, -0.2) is 9.97 Å². The fourth-order valence-corrected chi connectivity index (χ4v) is 1.67. The smallest absolute Gasteiger partial charge is 0.139 e. The Morgan fingerprint density at radius 2 is 2.29 bits per heavy atom. The molecular weight excluding hydrogens is 174 g/mol. The van der Waals surface area contributed by atoms with E-state index in [9.17, 15) is 0 Å². The second kappa shape index (κ2) is 3.78. The summed E-state index contributed by atoms with van der Waals surface area (Å²) in [4.78, 5) is 10.8. The Bertz CT molecular complexity index is 358. The molecule has 14 heavy (non-hydrogen) atoms. The van der Waals surface area contributed by atoms with Crippen LogP contribution in [0.1, 0.15) is 24.6 Å². The minimum absolute atomic E-state index is 0.970. The highest BCUT2D eigenvalue weighted by Gasteiger charge is 2.13. The van der Waals surface area contributed by atoms with Gasteiger partial charge in [0.15, 0.2) is 0 Å². The summed E-state index contributed by atoms with van der Waals surface area (Å²) in [6.45, 7) is 3.10. The Balaban J connectivity index is 2.47. The van der Waals surface area contributed by atoms with Gasteiger partial charge >= 0.3 is 0 Å². The molecule has 0 aromatic carbocycles. The topological polar surface area (TPSA) is 29.0 Å². The lowest BCUT2D eigenvalue weighted by Gasteiger charge is -2.20. The van der Waals surface area contributed by atoms with Gasteiger partial charge in [0.25, 0.3) is 0 Å². The zero-order valence-corrected chi connectivity index (χ0v) is 8.70. The normalized spacial score (nSPS) is 13.9. The summed E-state index contributed by atoms with van der Waals surface area (Å²) in [5, 5.41) is 0. The van der Waals surface area contributed by atoms with Gasteiger partial charge in [-0.1, -0.05) is 12.2 Å². The van der Waals surface area contributed by atoms with Gasteiger partial charge in [-0.15, -0.1) is 0 Å². The van der Waals surface area contributed by atoms with Crippen molar-refractivity contribution in [3.8, 4) is 0 Å². The van der Waals surface area contributed by atoms with Gasteiger partial charge < -0.3 is 4.90 Å². The third-order valence-corrected chi connectivity index (χ3v) is 2.61. The Morgan fingerprint density at radius 1 is 1.43 bits per heavy atom. The first kappa shape index (κ1) is 9.19. The molecule has 0 bridgehead atoms. The van der Waals surface area contributed by atoms with Crippen molar-refractivity contribution in [1.82, 2.24) is 9.97 Å². The first-order chi connectivity index (χ1) is 6.83. The molecule has 0 radical (unpaired) electrons. The van der Waals surface area contributed by atoms with Crippen LogP contribution >= 0.6 is 0 Å². The minimum atomic E-state index is 0.970. The van der Waals surface area contributed by atoms with Crippen LogP contribution in [0.3, 0.4) is 0 Å². The monoisotopic (exact) mass is 189 g/mol. The fourth-order valence-electron chi connectivity index (χ4n) is 1.67. The van der Waals surface area contributed by atoms with Crippen molar-refractivity contribution in [2.45, 2.75) is 19.8 Å². The standard InChI is InChI=1S/C11H15N3/c1-3-14(2)11-9-6-4-5-7-10(9)12-8-13-11/h4,6,8H,3,5,7H2,1-2H3. The molecule has 1 aliphatic rings. The highest BCUT2D eigenvalue weighted by atomic mass is 15.2. The van der Waals surface area contributed by atoms with Crippen LogP contribution in [0.2, 0.25) is 0 Å². The van der Waals surface area contributed by atoms with E-state index in [4.69, 9.17) is 0 Å². The van der Waals surface area contributed by atoms with Crippen LogP contribution in [0.5, 0.6) is 0 Å². The maximum absolute atomic E-state index is 4.33. The molecule has 0 fully saturated rings. The summed E-state index contributed by atoms with van der Waals surface area (Å²) >= 11 is 0. The Kier molecular flexibility index (Phi) is 2.48. The number of aryl methyl sites for hydroxylation is 1. The molecule has 0 saturated carbocycles. The second-order valence-electron chi connectivity index (χ2n) is 3.51. The number of rotatable bonds is 2. The molecule has 0 aliphatic heterocycles. The van der Waals surface area contributed by atoms with Gasteiger partial charge in [-0.3, -0.25) is 0 Å². The molecule has 0 atom stereocenters. The van der Waals surface area contributed by atoms with Crippen LogP contribution in [0.15, 0.2) is 12.4 Å². The number of hydrogen-bond donors (Lipinski definition) is 0. The first-order valence-electron chi connectivity index (χ1n) is 5.04. The highest BCUT2D eigenvalue weighted by molar-refractivity contribution is 5.66. The van der Waals surface area contributed by atoms with Crippen LogP contribution < -0.4 is 4.90 Å². The SMILES string of the molecule is CCN(C)c1ncnc2c1C=CCC2. The molecule has 3 heteroatoms. The van der Waals surface area contributed by atoms with E-state index in [0.29, 0.717) is 0 Å². The third kappa shape index (κ3) is 1.50. The summed E-state index contributed by atoms with van der Waals surface area (Å²) in [5.41, 5.74) is 2.38. The van der Waals surface area contributed by atoms with E-state index in [1.165, 1.54) is 11.3 Å². The predicted octanol–water partition coefficient (Wildman–Crippen LogP) is 1.89. The Labute approximate surface area is 84.5 Å². The van der Waals surface area contributed by atoms with Crippen molar-refractivity contribution < 1.29 is 0 Å². The van der Waals surface area contributed by atoms with Crippen molar-refractivity contribution in [1.29, 1.82) is 0 Å². The molecule has 0 N–H and O–H groups in total. The number of hydrogen-bond acceptors (Lipinski definition) is 3. The van der Waals surface area contributed by atoms with E-state index in [0.717, 1.165) is 25.2 Å². The van der Waals surface area contributed by atoms with Crippen LogP contribution in [0, 0.1) is 0 Å². The Morgan fingerprint density at radius 3 is 3.07 bits per heavy atom. The number of allylic oxidation sites excluding steroid dienone is 1. The second-order valence-corrected chi connectivity index (χ2v) is 3.51. The van der Waals surface area contributed by atoms with E-state index in [2.05, 4.69) is 41.0 Å². The Hall–Kier alpha value is -1.38. The van der Waals surface area contributed by atoms with Crippen molar-refractivity contribution in [2.75, 3.05) is 18.5 Å². The summed E-state index contributed by atoms with van der Waals surface area (Å²) < 4.78 is 0. The number of nitrogens with zero attached hydrogens (tertiary/aromatic N) is 3. The lowest BCUT2D eigenvalue weighted by molar-refractivity contribution is 0.873. The minimum Gasteiger partial charge on any atom is -0.359 e.